The van der Waals surface area contributed by atoms with Crippen molar-refractivity contribution in [1.29, 1.82) is 0 Å². The van der Waals surface area contributed by atoms with Crippen LogP contribution in [0.1, 0.15) is 29.6 Å². The Morgan fingerprint density at radius 2 is 1.81 bits per heavy atom. The number of rotatable bonds is 2. The number of nitrogens with zero attached hydrogens (tertiary/aromatic N) is 1. The van der Waals surface area contributed by atoms with Crippen molar-refractivity contribution < 1.29 is 19.1 Å². The molecule has 2 aliphatic rings. The molecule has 2 heterocycles. The Labute approximate surface area is 158 Å². The van der Waals surface area contributed by atoms with E-state index in [2.05, 4.69) is 5.32 Å². The van der Waals surface area contributed by atoms with Crippen LogP contribution in [0.3, 0.4) is 0 Å². The molecule has 0 aromatic heterocycles. The Morgan fingerprint density at radius 1 is 1.11 bits per heavy atom. The van der Waals surface area contributed by atoms with Gasteiger partial charge in [-0.2, -0.15) is 0 Å². The second-order valence-corrected chi connectivity index (χ2v) is 7.00. The average Bonchev–Trinajstić information content (AvgIpc) is 2.83. The monoisotopic (exact) mass is 366 g/mol. The molecule has 0 radical (unpaired) electrons. The SMILES string of the molecule is COc1ccccc1C(=O)N1CCC2(CC1)CC(=O)Nc1ccccc1O2. The standard InChI is InChI=1S/C21H22N2O4/c1-26-17-8-4-2-6-15(17)20(25)23-12-10-21(11-13-23)14-19(24)22-16-7-3-5-9-18(16)27-21/h2-9H,10-14H2,1H3,(H,22,24). The van der Waals surface area contributed by atoms with Crippen molar-refractivity contribution in [3.05, 3.63) is 54.1 Å². The molecule has 27 heavy (non-hydrogen) atoms. The summed E-state index contributed by atoms with van der Waals surface area (Å²) in [7, 11) is 1.56. The summed E-state index contributed by atoms with van der Waals surface area (Å²) in [5.74, 6) is 1.15. The lowest BCUT2D eigenvalue weighted by Gasteiger charge is -2.40. The smallest absolute Gasteiger partial charge is 0.257 e. The minimum absolute atomic E-state index is 0.0514. The van der Waals surface area contributed by atoms with E-state index in [1.54, 1.807) is 24.1 Å². The predicted octanol–water partition coefficient (Wildman–Crippen LogP) is 3.09. The van der Waals surface area contributed by atoms with Crippen molar-refractivity contribution in [3.8, 4) is 11.5 Å². The Morgan fingerprint density at radius 3 is 2.59 bits per heavy atom. The summed E-state index contributed by atoms with van der Waals surface area (Å²) in [5, 5.41) is 2.91. The third-order valence-electron chi connectivity index (χ3n) is 5.27. The van der Waals surface area contributed by atoms with E-state index in [-0.39, 0.29) is 11.8 Å². The van der Waals surface area contributed by atoms with Crippen molar-refractivity contribution in [2.75, 3.05) is 25.5 Å². The molecule has 2 aromatic rings. The zero-order valence-corrected chi connectivity index (χ0v) is 15.2. The van der Waals surface area contributed by atoms with Crippen LogP contribution in [0.2, 0.25) is 0 Å². The summed E-state index contributed by atoms with van der Waals surface area (Å²) in [6.07, 6.45) is 1.50. The topological polar surface area (TPSA) is 67.9 Å². The van der Waals surface area contributed by atoms with E-state index < -0.39 is 5.60 Å². The van der Waals surface area contributed by atoms with Crippen LogP contribution in [0, 0.1) is 0 Å². The van der Waals surface area contributed by atoms with Crippen LogP contribution < -0.4 is 14.8 Å². The first kappa shape index (κ1) is 17.4. The molecule has 6 heteroatoms. The molecule has 1 N–H and O–H groups in total. The van der Waals surface area contributed by atoms with Crippen molar-refractivity contribution in [3.63, 3.8) is 0 Å². The van der Waals surface area contributed by atoms with E-state index in [1.807, 2.05) is 36.4 Å². The summed E-state index contributed by atoms with van der Waals surface area (Å²) >= 11 is 0. The molecule has 6 nitrogen and oxygen atoms in total. The molecule has 0 saturated carbocycles. The number of likely N-dealkylation sites (tertiary alicyclic amines) is 1. The summed E-state index contributed by atoms with van der Waals surface area (Å²) in [6.45, 7) is 1.07. The van der Waals surface area contributed by atoms with Gasteiger partial charge in [0.1, 0.15) is 17.1 Å². The minimum Gasteiger partial charge on any atom is -0.496 e. The lowest BCUT2D eigenvalue weighted by Crippen LogP contribution is -2.50. The molecule has 2 aliphatic heterocycles. The van der Waals surface area contributed by atoms with Gasteiger partial charge >= 0.3 is 0 Å². The molecule has 140 valence electrons. The predicted molar refractivity (Wildman–Crippen MR) is 101 cm³/mol. The van der Waals surface area contributed by atoms with Crippen molar-refractivity contribution in [1.82, 2.24) is 4.90 Å². The highest BCUT2D eigenvalue weighted by Gasteiger charge is 2.42. The number of carbonyl (C=O) groups is 2. The molecule has 0 aliphatic carbocycles. The van der Waals surface area contributed by atoms with E-state index in [1.165, 1.54) is 0 Å². The molecule has 1 saturated heterocycles. The number of piperidine rings is 1. The zero-order chi connectivity index (χ0) is 18.9. The number of ether oxygens (including phenoxy) is 2. The summed E-state index contributed by atoms with van der Waals surface area (Å²) < 4.78 is 11.6. The van der Waals surface area contributed by atoms with Gasteiger partial charge < -0.3 is 19.7 Å². The second-order valence-electron chi connectivity index (χ2n) is 7.00. The minimum atomic E-state index is -0.575. The van der Waals surface area contributed by atoms with Gasteiger partial charge in [-0.25, -0.2) is 0 Å². The van der Waals surface area contributed by atoms with Crippen LogP contribution in [0.25, 0.3) is 0 Å². The van der Waals surface area contributed by atoms with E-state index in [0.29, 0.717) is 55.1 Å². The van der Waals surface area contributed by atoms with Crippen LogP contribution >= 0.6 is 0 Å². The number of para-hydroxylation sites is 3. The first-order valence-electron chi connectivity index (χ1n) is 9.10. The molecule has 2 amide bonds. The average molecular weight is 366 g/mol. The molecular weight excluding hydrogens is 344 g/mol. The fraction of sp³-hybridized carbons (Fsp3) is 0.333. The maximum absolute atomic E-state index is 12.9. The Kier molecular flexibility index (Phi) is 4.48. The highest BCUT2D eigenvalue weighted by atomic mass is 16.5. The van der Waals surface area contributed by atoms with Crippen molar-refractivity contribution in [2.45, 2.75) is 24.9 Å². The molecule has 1 spiro atoms. The Balaban J connectivity index is 1.51. The number of methoxy groups -OCH3 is 1. The van der Waals surface area contributed by atoms with Gasteiger partial charge in [0.05, 0.1) is 24.8 Å². The highest BCUT2D eigenvalue weighted by molar-refractivity contribution is 5.97. The number of carbonyl (C=O) groups excluding carboxylic acids is 2. The van der Waals surface area contributed by atoms with E-state index in [4.69, 9.17) is 9.47 Å². The quantitative estimate of drug-likeness (QED) is 0.887. The number of amides is 2. The zero-order valence-electron chi connectivity index (χ0n) is 15.2. The van der Waals surface area contributed by atoms with Crippen LogP contribution in [0.15, 0.2) is 48.5 Å². The van der Waals surface area contributed by atoms with Gasteiger partial charge in [0.25, 0.3) is 5.91 Å². The molecule has 0 bridgehead atoms. The fourth-order valence-corrected chi connectivity index (χ4v) is 3.80. The molecule has 4 rings (SSSR count). The van der Waals surface area contributed by atoms with E-state index in [0.717, 1.165) is 0 Å². The number of fused-ring (bicyclic) bond motifs is 1. The van der Waals surface area contributed by atoms with Crippen LogP contribution in [0.5, 0.6) is 11.5 Å². The summed E-state index contributed by atoms with van der Waals surface area (Å²) in [5.41, 5.74) is 0.682. The van der Waals surface area contributed by atoms with Gasteiger partial charge in [-0.1, -0.05) is 24.3 Å². The third-order valence-corrected chi connectivity index (χ3v) is 5.27. The van der Waals surface area contributed by atoms with Gasteiger partial charge in [0, 0.05) is 25.9 Å². The molecule has 1 fully saturated rings. The number of anilines is 1. The molecule has 0 atom stereocenters. The number of nitrogens with one attached hydrogen (secondary N) is 1. The Hall–Kier alpha value is -3.02. The lowest BCUT2D eigenvalue weighted by atomic mass is 9.87. The first-order chi connectivity index (χ1) is 13.1. The lowest BCUT2D eigenvalue weighted by molar-refractivity contribution is -0.120. The Bertz CT molecular complexity index is 872. The van der Waals surface area contributed by atoms with Crippen LogP contribution in [-0.4, -0.2) is 42.5 Å². The largest absolute Gasteiger partial charge is 0.496 e. The normalized spacial score (nSPS) is 18.1. The van der Waals surface area contributed by atoms with Crippen molar-refractivity contribution >= 4 is 17.5 Å². The molecule has 0 unspecified atom stereocenters. The summed E-state index contributed by atoms with van der Waals surface area (Å²) in [4.78, 5) is 27.1. The van der Waals surface area contributed by atoms with E-state index >= 15 is 0 Å². The highest BCUT2D eigenvalue weighted by Crippen LogP contribution is 2.38. The fourth-order valence-electron chi connectivity index (χ4n) is 3.80. The number of hydrogen-bond acceptors (Lipinski definition) is 4. The first-order valence-corrected chi connectivity index (χ1v) is 9.10. The van der Waals surface area contributed by atoms with Gasteiger partial charge in [-0.15, -0.1) is 0 Å². The van der Waals surface area contributed by atoms with Crippen LogP contribution in [0.4, 0.5) is 5.69 Å². The van der Waals surface area contributed by atoms with Gasteiger partial charge in [-0.3, -0.25) is 9.59 Å². The second kappa shape index (κ2) is 6.95. The molecular formula is C21H22N2O4. The molecule has 2 aromatic carbocycles. The maximum Gasteiger partial charge on any atom is 0.257 e. The maximum atomic E-state index is 12.9. The third kappa shape index (κ3) is 3.35. The van der Waals surface area contributed by atoms with Gasteiger partial charge in [0.2, 0.25) is 5.91 Å². The van der Waals surface area contributed by atoms with E-state index in [9.17, 15) is 9.59 Å². The van der Waals surface area contributed by atoms with Gasteiger partial charge in [0.15, 0.2) is 0 Å². The van der Waals surface area contributed by atoms with Crippen LogP contribution in [-0.2, 0) is 4.79 Å². The number of benzene rings is 2. The van der Waals surface area contributed by atoms with Crippen molar-refractivity contribution in [2.24, 2.45) is 0 Å². The number of hydrogen-bond donors (Lipinski definition) is 1. The van der Waals surface area contributed by atoms with Gasteiger partial charge in [-0.05, 0) is 24.3 Å². The summed E-state index contributed by atoms with van der Waals surface area (Å²) in [6, 6.07) is 14.7.